The number of hydrazine groups is 1. The molecule has 7 nitrogen and oxygen atoms in total. The SMILES string of the molecule is NNc1cc(C=O)cc([N+](=O)[O-])c1N. The molecule has 0 aromatic heterocycles. The van der Waals surface area contributed by atoms with Crippen molar-refractivity contribution in [2.24, 2.45) is 5.84 Å². The molecule has 0 heterocycles. The quantitative estimate of drug-likeness (QED) is 0.209. The Balaban J connectivity index is 3.41. The minimum Gasteiger partial charge on any atom is -0.391 e. The summed E-state index contributed by atoms with van der Waals surface area (Å²) in [6.07, 6.45) is 0.479. The molecule has 0 bridgehead atoms. The van der Waals surface area contributed by atoms with E-state index in [2.05, 4.69) is 5.43 Å². The van der Waals surface area contributed by atoms with Crippen LogP contribution in [0.4, 0.5) is 17.1 Å². The van der Waals surface area contributed by atoms with E-state index < -0.39 is 4.92 Å². The van der Waals surface area contributed by atoms with E-state index in [-0.39, 0.29) is 22.6 Å². The van der Waals surface area contributed by atoms with Crippen LogP contribution in [0.15, 0.2) is 12.1 Å². The van der Waals surface area contributed by atoms with Gasteiger partial charge in [0.2, 0.25) is 0 Å². The van der Waals surface area contributed by atoms with E-state index in [0.29, 0.717) is 6.29 Å². The average molecular weight is 196 g/mol. The number of carbonyl (C=O) groups is 1. The number of benzene rings is 1. The molecule has 0 unspecified atom stereocenters. The fourth-order valence-electron chi connectivity index (χ4n) is 0.998. The van der Waals surface area contributed by atoms with Gasteiger partial charge in [0.25, 0.3) is 5.69 Å². The topological polar surface area (TPSA) is 124 Å². The van der Waals surface area contributed by atoms with Crippen LogP contribution < -0.4 is 17.0 Å². The number of nitrogens with one attached hydrogen (secondary N) is 1. The molecule has 7 heteroatoms. The smallest absolute Gasteiger partial charge is 0.295 e. The molecule has 0 radical (unpaired) electrons. The second-order valence-electron chi connectivity index (χ2n) is 2.52. The van der Waals surface area contributed by atoms with Crippen molar-refractivity contribution in [2.45, 2.75) is 0 Å². The maximum Gasteiger partial charge on any atom is 0.295 e. The predicted octanol–water partition coefficient (Wildman–Crippen LogP) is 0.275. The van der Waals surface area contributed by atoms with Crippen LogP contribution in [0.25, 0.3) is 0 Å². The van der Waals surface area contributed by atoms with Gasteiger partial charge in [0.05, 0.1) is 10.6 Å². The van der Waals surface area contributed by atoms with Gasteiger partial charge in [0.1, 0.15) is 12.0 Å². The van der Waals surface area contributed by atoms with Crippen LogP contribution in [0.1, 0.15) is 10.4 Å². The summed E-state index contributed by atoms with van der Waals surface area (Å²) >= 11 is 0. The van der Waals surface area contributed by atoms with E-state index in [0.717, 1.165) is 6.07 Å². The zero-order valence-corrected chi connectivity index (χ0v) is 7.06. The van der Waals surface area contributed by atoms with E-state index >= 15 is 0 Å². The summed E-state index contributed by atoms with van der Waals surface area (Å²) in [4.78, 5) is 20.3. The summed E-state index contributed by atoms with van der Waals surface area (Å²) in [7, 11) is 0. The van der Waals surface area contributed by atoms with Gasteiger partial charge in [0, 0.05) is 11.6 Å². The average Bonchev–Trinajstić information content (AvgIpc) is 2.17. The number of nitrogens with zero attached hydrogens (tertiary/aromatic N) is 1. The van der Waals surface area contributed by atoms with Gasteiger partial charge in [-0.15, -0.1) is 0 Å². The van der Waals surface area contributed by atoms with Crippen LogP contribution in [0.2, 0.25) is 0 Å². The van der Waals surface area contributed by atoms with Crippen LogP contribution in [0, 0.1) is 10.1 Å². The molecule has 0 atom stereocenters. The fraction of sp³-hybridized carbons (Fsp3) is 0. The number of nitrogen functional groups attached to an aromatic ring is 2. The molecule has 74 valence electrons. The van der Waals surface area contributed by atoms with Crippen LogP contribution >= 0.6 is 0 Å². The number of anilines is 2. The van der Waals surface area contributed by atoms with Crippen LogP contribution in [0.5, 0.6) is 0 Å². The van der Waals surface area contributed by atoms with Crippen LogP contribution in [-0.4, -0.2) is 11.2 Å². The van der Waals surface area contributed by atoms with E-state index in [1.807, 2.05) is 0 Å². The molecule has 0 aliphatic rings. The van der Waals surface area contributed by atoms with Gasteiger partial charge < -0.3 is 11.2 Å². The summed E-state index contributed by atoms with van der Waals surface area (Å²) in [5.74, 6) is 5.07. The molecule has 14 heavy (non-hydrogen) atoms. The monoisotopic (exact) mass is 196 g/mol. The Kier molecular flexibility index (Phi) is 2.63. The maximum absolute atomic E-state index is 10.5. The largest absolute Gasteiger partial charge is 0.391 e. The molecule has 0 aliphatic heterocycles. The first-order chi connectivity index (χ1) is 6.60. The molecular formula is C7H8N4O3. The van der Waals surface area contributed by atoms with Crippen molar-refractivity contribution >= 4 is 23.3 Å². The Labute approximate surface area is 78.8 Å². The summed E-state index contributed by atoms with van der Waals surface area (Å²) in [6.45, 7) is 0. The van der Waals surface area contributed by atoms with Gasteiger partial charge in [-0.2, -0.15) is 0 Å². The Morgan fingerprint density at radius 1 is 1.50 bits per heavy atom. The molecule has 0 saturated carbocycles. The van der Waals surface area contributed by atoms with Crippen LogP contribution in [-0.2, 0) is 0 Å². The number of rotatable bonds is 3. The Bertz CT molecular complexity index is 391. The minimum absolute atomic E-state index is 0.0944. The van der Waals surface area contributed by atoms with E-state index in [9.17, 15) is 14.9 Å². The normalized spacial score (nSPS) is 9.50. The molecular weight excluding hydrogens is 188 g/mol. The highest BCUT2D eigenvalue weighted by Gasteiger charge is 2.16. The van der Waals surface area contributed by atoms with Gasteiger partial charge in [-0.3, -0.25) is 20.8 Å². The van der Waals surface area contributed by atoms with Crippen molar-refractivity contribution in [3.63, 3.8) is 0 Å². The van der Waals surface area contributed by atoms with Crippen molar-refractivity contribution in [1.82, 2.24) is 0 Å². The van der Waals surface area contributed by atoms with Gasteiger partial charge >= 0.3 is 0 Å². The summed E-state index contributed by atoms with van der Waals surface area (Å²) in [5.41, 5.74) is 7.45. The highest BCUT2D eigenvalue weighted by Crippen LogP contribution is 2.29. The number of hydrogen-bond donors (Lipinski definition) is 3. The third kappa shape index (κ3) is 1.62. The molecule has 5 N–H and O–H groups in total. The first-order valence-corrected chi connectivity index (χ1v) is 3.60. The third-order valence-corrected chi connectivity index (χ3v) is 1.67. The van der Waals surface area contributed by atoms with Crippen molar-refractivity contribution in [2.75, 3.05) is 11.2 Å². The van der Waals surface area contributed by atoms with Gasteiger partial charge in [-0.1, -0.05) is 0 Å². The van der Waals surface area contributed by atoms with E-state index in [4.69, 9.17) is 11.6 Å². The van der Waals surface area contributed by atoms with Crippen molar-refractivity contribution < 1.29 is 9.72 Å². The molecule has 0 aliphatic carbocycles. The Morgan fingerprint density at radius 3 is 2.57 bits per heavy atom. The molecule has 0 spiro atoms. The molecule has 0 fully saturated rings. The summed E-state index contributed by atoms with van der Waals surface area (Å²) < 4.78 is 0. The Hall–Kier alpha value is -2.15. The summed E-state index contributed by atoms with van der Waals surface area (Å²) in [6, 6.07) is 2.42. The molecule has 1 aromatic rings. The fourth-order valence-corrected chi connectivity index (χ4v) is 0.998. The molecule has 1 rings (SSSR count). The molecule has 0 amide bonds. The van der Waals surface area contributed by atoms with E-state index in [1.54, 1.807) is 0 Å². The zero-order valence-electron chi connectivity index (χ0n) is 7.06. The lowest BCUT2D eigenvalue weighted by Crippen LogP contribution is -2.11. The van der Waals surface area contributed by atoms with Crippen molar-refractivity contribution in [3.05, 3.63) is 27.8 Å². The number of nitrogens with two attached hydrogens (primary N) is 2. The highest BCUT2D eigenvalue weighted by molar-refractivity contribution is 5.86. The second-order valence-corrected chi connectivity index (χ2v) is 2.52. The zero-order chi connectivity index (χ0) is 10.7. The lowest BCUT2D eigenvalue weighted by Gasteiger charge is -2.05. The van der Waals surface area contributed by atoms with Gasteiger partial charge in [-0.05, 0) is 6.07 Å². The van der Waals surface area contributed by atoms with Gasteiger partial charge in [-0.25, -0.2) is 0 Å². The number of aldehydes is 1. The minimum atomic E-state index is -0.677. The number of hydrogen-bond acceptors (Lipinski definition) is 6. The summed E-state index contributed by atoms with van der Waals surface area (Å²) in [5, 5.41) is 10.5. The second kappa shape index (κ2) is 3.71. The lowest BCUT2D eigenvalue weighted by atomic mass is 10.1. The highest BCUT2D eigenvalue weighted by atomic mass is 16.6. The number of nitro benzene ring substituents is 1. The van der Waals surface area contributed by atoms with E-state index in [1.165, 1.54) is 6.07 Å². The van der Waals surface area contributed by atoms with Crippen molar-refractivity contribution in [1.29, 1.82) is 0 Å². The van der Waals surface area contributed by atoms with Gasteiger partial charge in [0.15, 0.2) is 0 Å². The van der Waals surface area contributed by atoms with Crippen LogP contribution in [0.3, 0.4) is 0 Å². The lowest BCUT2D eigenvalue weighted by molar-refractivity contribution is -0.383. The number of nitro groups is 1. The maximum atomic E-state index is 10.5. The standard InChI is InChI=1S/C7H8N4O3/c8-7-5(10-9)1-4(3-12)2-6(7)11(13)14/h1-3,10H,8-9H2. The number of carbonyl (C=O) groups excluding carboxylic acids is 1. The first kappa shape index (κ1) is 9.93. The predicted molar refractivity (Wildman–Crippen MR) is 50.7 cm³/mol. The molecule has 0 saturated heterocycles. The first-order valence-electron chi connectivity index (χ1n) is 3.60. The van der Waals surface area contributed by atoms with Crippen molar-refractivity contribution in [3.8, 4) is 0 Å². The third-order valence-electron chi connectivity index (χ3n) is 1.67. The molecule has 1 aromatic carbocycles. The Morgan fingerprint density at radius 2 is 2.14 bits per heavy atom.